The molecule has 0 radical (unpaired) electrons. The van der Waals surface area contributed by atoms with E-state index in [1.807, 2.05) is 44.2 Å². The molecule has 202 valence electrons. The molecule has 4 atom stereocenters. The van der Waals surface area contributed by atoms with Crippen molar-refractivity contribution in [2.24, 2.45) is 11.8 Å². The van der Waals surface area contributed by atoms with Gasteiger partial charge in [-0.3, -0.25) is 9.59 Å². The number of rotatable bonds is 12. The number of benzene rings is 1. The minimum Gasteiger partial charge on any atom is -0.460 e. The number of esters is 1. The molecule has 1 aliphatic heterocycles. The molecule has 1 heterocycles. The molecule has 0 aliphatic carbocycles. The van der Waals surface area contributed by atoms with Crippen molar-refractivity contribution in [2.75, 3.05) is 6.61 Å². The van der Waals surface area contributed by atoms with Crippen molar-refractivity contribution in [3.63, 3.8) is 0 Å². The van der Waals surface area contributed by atoms with Crippen LogP contribution in [0.25, 0.3) is 0 Å². The van der Waals surface area contributed by atoms with Crippen molar-refractivity contribution in [1.82, 2.24) is 5.32 Å². The number of ether oxygens (including phenoxy) is 4. The number of alkyl carbamates (subject to hydrolysis) is 1. The molecular formula is C28H43NO7. The molecule has 0 saturated carbocycles. The first-order valence-corrected chi connectivity index (χ1v) is 13.0. The third-order valence-electron chi connectivity index (χ3n) is 5.77. The Kier molecular flexibility index (Phi) is 11.9. The first-order valence-electron chi connectivity index (χ1n) is 13.0. The standard InChI is InChI=1S/C28H43NO7/c1-7-21(26(31)34-18-20-13-9-8-10-14-20)24(30)25(35-23-15-11-12-16-33-23)22(17-19(2)3)29-27(32)36-28(4,5)6/h8-10,13-14,19,21-23,25H,7,11-12,15-18H2,1-6H3,(H,29,32)/t21?,22-,23?,25+/m0/s1. The average Bonchev–Trinajstić information content (AvgIpc) is 2.81. The van der Waals surface area contributed by atoms with Gasteiger partial charge < -0.3 is 24.3 Å². The zero-order valence-corrected chi connectivity index (χ0v) is 22.6. The summed E-state index contributed by atoms with van der Waals surface area (Å²) in [7, 11) is 0. The van der Waals surface area contributed by atoms with E-state index in [2.05, 4.69) is 5.32 Å². The molecule has 1 N–H and O–H groups in total. The zero-order valence-electron chi connectivity index (χ0n) is 22.6. The highest BCUT2D eigenvalue weighted by Gasteiger charge is 2.40. The minimum absolute atomic E-state index is 0.0757. The highest BCUT2D eigenvalue weighted by atomic mass is 16.7. The molecular weight excluding hydrogens is 462 g/mol. The van der Waals surface area contributed by atoms with Crippen LogP contribution in [0.3, 0.4) is 0 Å². The highest BCUT2D eigenvalue weighted by molar-refractivity contribution is 6.01. The van der Waals surface area contributed by atoms with Crippen LogP contribution in [-0.4, -0.2) is 48.5 Å². The van der Waals surface area contributed by atoms with Crippen LogP contribution < -0.4 is 5.32 Å². The second-order valence-electron chi connectivity index (χ2n) is 10.7. The van der Waals surface area contributed by atoms with Crippen LogP contribution in [0.1, 0.15) is 79.2 Å². The van der Waals surface area contributed by atoms with Gasteiger partial charge in [0.15, 0.2) is 12.1 Å². The second-order valence-corrected chi connectivity index (χ2v) is 10.7. The minimum atomic E-state index is -1.09. The van der Waals surface area contributed by atoms with Crippen molar-refractivity contribution in [2.45, 2.75) is 104 Å². The summed E-state index contributed by atoms with van der Waals surface area (Å²) in [6.45, 7) is 11.7. The molecule has 8 heteroatoms. The second kappa shape index (κ2) is 14.3. The van der Waals surface area contributed by atoms with Gasteiger partial charge in [-0.25, -0.2) is 4.79 Å². The summed E-state index contributed by atoms with van der Waals surface area (Å²) in [4.78, 5) is 39.5. The van der Waals surface area contributed by atoms with E-state index in [9.17, 15) is 14.4 Å². The van der Waals surface area contributed by atoms with E-state index in [1.165, 1.54) is 0 Å². The number of carbonyl (C=O) groups excluding carboxylic acids is 3. The summed E-state index contributed by atoms with van der Waals surface area (Å²) in [6, 6.07) is 8.61. The van der Waals surface area contributed by atoms with E-state index in [0.29, 0.717) is 19.4 Å². The Bertz CT molecular complexity index is 828. The maximum atomic E-state index is 13.8. The average molecular weight is 506 g/mol. The van der Waals surface area contributed by atoms with E-state index in [0.717, 1.165) is 18.4 Å². The summed E-state index contributed by atoms with van der Waals surface area (Å²) in [5.74, 6) is -1.92. The van der Waals surface area contributed by atoms with Crippen LogP contribution in [0, 0.1) is 11.8 Å². The van der Waals surface area contributed by atoms with Gasteiger partial charge in [-0.05, 0) is 64.4 Å². The Morgan fingerprint density at radius 3 is 2.36 bits per heavy atom. The van der Waals surface area contributed by atoms with Crippen molar-refractivity contribution in [1.29, 1.82) is 0 Å². The van der Waals surface area contributed by atoms with Crippen LogP contribution in [-0.2, 0) is 35.1 Å². The van der Waals surface area contributed by atoms with Gasteiger partial charge in [0.25, 0.3) is 0 Å². The van der Waals surface area contributed by atoms with E-state index in [-0.39, 0.29) is 18.9 Å². The van der Waals surface area contributed by atoms with E-state index < -0.39 is 47.8 Å². The van der Waals surface area contributed by atoms with Gasteiger partial charge >= 0.3 is 12.1 Å². The molecule has 1 fully saturated rings. The summed E-state index contributed by atoms with van der Waals surface area (Å²) >= 11 is 0. The third kappa shape index (κ3) is 10.3. The quantitative estimate of drug-likeness (QED) is 0.309. The largest absolute Gasteiger partial charge is 0.460 e. The monoisotopic (exact) mass is 505 g/mol. The van der Waals surface area contributed by atoms with Gasteiger partial charge in [0.05, 0.1) is 6.04 Å². The fourth-order valence-corrected chi connectivity index (χ4v) is 4.08. The molecule has 1 amide bonds. The van der Waals surface area contributed by atoms with Crippen LogP contribution in [0.2, 0.25) is 0 Å². The maximum Gasteiger partial charge on any atom is 0.407 e. The van der Waals surface area contributed by atoms with Crippen LogP contribution in [0.5, 0.6) is 0 Å². The van der Waals surface area contributed by atoms with Crippen molar-refractivity contribution in [3.05, 3.63) is 35.9 Å². The predicted octanol–water partition coefficient (Wildman–Crippen LogP) is 5.18. The van der Waals surface area contributed by atoms with E-state index in [1.54, 1.807) is 27.7 Å². The highest BCUT2D eigenvalue weighted by Crippen LogP contribution is 2.24. The van der Waals surface area contributed by atoms with Crippen molar-refractivity contribution in [3.8, 4) is 0 Å². The number of amides is 1. The number of ketones is 1. The van der Waals surface area contributed by atoms with E-state index in [4.69, 9.17) is 18.9 Å². The maximum absolute atomic E-state index is 13.8. The molecule has 1 saturated heterocycles. The summed E-state index contributed by atoms with van der Waals surface area (Å²) < 4.78 is 22.9. The Hall–Kier alpha value is -2.45. The molecule has 8 nitrogen and oxygen atoms in total. The van der Waals surface area contributed by atoms with Gasteiger partial charge in [-0.1, -0.05) is 51.1 Å². The summed E-state index contributed by atoms with van der Waals surface area (Å²) in [6.07, 6.45) is 0.872. The molecule has 0 bridgehead atoms. The summed E-state index contributed by atoms with van der Waals surface area (Å²) in [5, 5.41) is 2.84. The first kappa shape index (κ1) is 29.8. The SMILES string of the molecule is CCC(C(=O)OCc1ccccc1)C(=O)[C@H](OC1CCCCO1)[C@H](CC(C)C)NC(=O)OC(C)(C)C. The molecule has 1 aromatic rings. The van der Waals surface area contributed by atoms with Gasteiger partial charge in [-0.15, -0.1) is 0 Å². The Balaban J connectivity index is 2.25. The van der Waals surface area contributed by atoms with Gasteiger partial charge in [0, 0.05) is 6.61 Å². The predicted molar refractivity (Wildman–Crippen MR) is 136 cm³/mol. The molecule has 2 rings (SSSR count). The topological polar surface area (TPSA) is 100 Å². The van der Waals surface area contributed by atoms with Crippen LogP contribution in [0.4, 0.5) is 4.79 Å². The fourth-order valence-electron chi connectivity index (χ4n) is 4.08. The third-order valence-corrected chi connectivity index (χ3v) is 5.77. The Morgan fingerprint density at radius 2 is 1.81 bits per heavy atom. The number of hydrogen-bond donors (Lipinski definition) is 1. The lowest BCUT2D eigenvalue weighted by atomic mass is 9.89. The lowest BCUT2D eigenvalue weighted by molar-refractivity contribution is -0.199. The van der Waals surface area contributed by atoms with E-state index >= 15 is 0 Å². The summed E-state index contributed by atoms with van der Waals surface area (Å²) in [5.41, 5.74) is 0.132. The van der Waals surface area contributed by atoms with Gasteiger partial charge in [0.2, 0.25) is 0 Å². The number of hydrogen-bond acceptors (Lipinski definition) is 7. The lowest BCUT2D eigenvalue weighted by Gasteiger charge is -2.34. The van der Waals surface area contributed by atoms with Crippen LogP contribution in [0.15, 0.2) is 30.3 Å². The lowest BCUT2D eigenvalue weighted by Crippen LogP contribution is -2.53. The molecule has 1 aliphatic rings. The fraction of sp³-hybridized carbons (Fsp3) is 0.679. The molecule has 0 spiro atoms. The molecule has 1 aromatic carbocycles. The van der Waals surface area contributed by atoms with Crippen molar-refractivity contribution < 1.29 is 33.3 Å². The normalized spacial score (nSPS) is 18.7. The van der Waals surface area contributed by atoms with Crippen molar-refractivity contribution >= 4 is 17.8 Å². The van der Waals surface area contributed by atoms with Crippen LogP contribution >= 0.6 is 0 Å². The van der Waals surface area contributed by atoms with Gasteiger partial charge in [-0.2, -0.15) is 0 Å². The first-order chi connectivity index (χ1) is 17.0. The number of nitrogens with one attached hydrogen (secondary N) is 1. The zero-order chi connectivity index (χ0) is 26.7. The number of carbonyl (C=O) groups is 3. The smallest absolute Gasteiger partial charge is 0.407 e. The van der Waals surface area contributed by atoms with Gasteiger partial charge in [0.1, 0.15) is 24.2 Å². The Labute approximate surface area is 215 Å². The molecule has 2 unspecified atom stereocenters. The molecule has 36 heavy (non-hydrogen) atoms. The Morgan fingerprint density at radius 1 is 1.11 bits per heavy atom. The number of Topliss-reactive ketones (excluding diaryl/α,β-unsaturated/α-hetero) is 1. The molecule has 0 aromatic heterocycles.